The van der Waals surface area contributed by atoms with Crippen LogP contribution in [-0.4, -0.2) is 22.4 Å². The number of aliphatic hydroxyl groups is 1. The van der Waals surface area contributed by atoms with Gasteiger partial charge in [0.15, 0.2) is 0 Å². The zero-order valence-electron chi connectivity index (χ0n) is 11.9. The number of aromatic hydroxyl groups is 1. The molecule has 0 radical (unpaired) electrons. The van der Waals surface area contributed by atoms with Gasteiger partial charge in [-0.2, -0.15) is 0 Å². The van der Waals surface area contributed by atoms with E-state index in [1.807, 2.05) is 19.1 Å². The fourth-order valence-corrected chi connectivity index (χ4v) is 3.16. The Morgan fingerprint density at radius 3 is 2.89 bits per heavy atom. The third kappa shape index (κ3) is 3.48. The minimum absolute atomic E-state index is 0.171. The van der Waals surface area contributed by atoms with Gasteiger partial charge in [-0.25, -0.2) is 0 Å². The normalized spacial score (nSPS) is 27.4. The zero-order chi connectivity index (χ0) is 13.9. The summed E-state index contributed by atoms with van der Waals surface area (Å²) in [6.07, 6.45) is 4.43. The van der Waals surface area contributed by atoms with Crippen molar-refractivity contribution < 1.29 is 10.2 Å². The molecule has 2 atom stereocenters. The van der Waals surface area contributed by atoms with E-state index in [2.05, 4.69) is 12.2 Å². The first kappa shape index (κ1) is 14.4. The maximum atomic E-state index is 9.87. The summed E-state index contributed by atoms with van der Waals surface area (Å²) < 4.78 is 0. The van der Waals surface area contributed by atoms with Crippen LogP contribution in [0.5, 0.6) is 5.75 Å². The number of benzene rings is 1. The van der Waals surface area contributed by atoms with Crippen molar-refractivity contribution in [2.75, 3.05) is 6.61 Å². The summed E-state index contributed by atoms with van der Waals surface area (Å²) in [5.41, 5.74) is 1.88. The van der Waals surface area contributed by atoms with Crippen LogP contribution in [0, 0.1) is 12.8 Å². The number of rotatable bonds is 4. The molecule has 0 saturated heterocycles. The summed E-state index contributed by atoms with van der Waals surface area (Å²) in [6.45, 7) is 5.05. The monoisotopic (exact) mass is 263 g/mol. The molecule has 0 aliphatic heterocycles. The second-order valence-electron chi connectivity index (χ2n) is 6.13. The standard InChI is InChI=1S/C16H25NO2/c1-12-5-6-15(19)14(8-12)10-17-16(11-18)7-3-4-13(2)9-16/h5-6,8,13,17-19H,3-4,7,9-11H2,1-2H3. The minimum Gasteiger partial charge on any atom is -0.508 e. The van der Waals surface area contributed by atoms with Gasteiger partial charge in [-0.15, -0.1) is 0 Å². The highest BCUT2D eigenvalue weighted by Crippen LogP contribution is 2.32. The van der Waals surface area contributed by atoms with Crippen LogP contribution < -0.4 is 5.32 Å². The highest BCUT2D eigenvalue weighted by molar-refractivity contribution is 5.35. The fraction of sp³-hybridized carbons (Fsp3) is 0.625. The van der Waals surface area contributed by atoms with Crippen LogP contribution in [0.2, 0.25) is 0 Å². The van der Waals surface area contributed by atoms with Gasteiger partial charge in [0.2, 0.25) is 0 Å². The Kier molecular flexibility index (Phi) is 4.48. The first-order valence-electron chi connectivity index (χ1n) is 7.19. The Morgan fingerprint density at radius 1 is 1.42 bits per heavy atom. The van der Waals surface area contributed by atoms with E-state index < -0.39 is 0 Å². The largest absolute Gasteiger partial charge is 0.508 e. The number of phenols is 1. The second-order valence-corrected chi connectivity index (χ2v) is 6.13. The quantitative estimate of drug-likeness (QED) is 0.783. The van der Waals surface area contributed by atoms with E-state index in [-0.39, 0.29) is 12.1 Å². The summed E-state index contributed by atoms with van der Waals surface area (Å²) >= 11 is 0. The summed E-state index contributed by atoms with van der Waals surface area (Å²) in [6, 6.07) is 5.64. The smallest absolute Gasteiger partial charge is 0.120 e. The molecule has 0 heterocycles. The Labute approximate surface area is 115 Å². The maximum absolute atomic E-state index is 9.87. The number of phenolic OH excluding ortho intramolecular Hbond substituents is 1. The SMILES string of the molecule is Cc1ccc(O)c(CNC2(CO)CCCC(C)C2)c1. The number of hydrogen-bond donors (Lipinski definition) is 3. The predicted octanol–water partition coefficient (Wildman–Crippen LogP) is 2.73. The molecule has 0 spiro atoms. The lowest BCUT2D eigenvalue weighted by atomic mass is 9.76. The molecule has 106 valence electrons. The molecule has 0 amide bonds. The van der Waals surface area contributed by atoms with Crippen LogP contribution in [0.4, 0.5) is 0 Å². The van der Waals surface area contributed by atoms with Crippen LogP contribution in [0.25, 0.3) is 0 Å². The van der Waals surface area contributed by atoms with Crippen molar-refractivity contribution in [1.29, 1.82) is 0 Å². The van der Waals surface area contributed by atoms with E-state index in [1.165, 1.54) is 6.42 Å². The van der Waals surface area contributed by atoms with Gasteiger partial charge in [0.25, 0.3) is 0 Å². The zero-order valence-corrected chi connectivity index (χ0v) is 11.9. The molecule has 0 aromatic heterocycles. The van der Waals surface area contributed by atoms with Crippen LogP contribution in [0.15, 0.2) is 18.2 Å². The molecule has 3 heteroatoms. The molecular weight excluding hydrogens is 238 g/mol. The highest BCUT2D eigenvalue weighted by atomic mass is 16.3. The van der Waals surface area contributed by atoms with Gasteiger partial charge in [0.1, 0.15) is 5.75 Å². The number of aliphatic hydroxyl groups excluding tert-OH is 1. The number of nitrogens with one attached hydrogen (secondary N) is 1. The van der Waals surface area contributed by atoms with Crippen molar-refractivity contribution in [3.8, 4) is 5.75 Å². The van der Waals surface area contributed by atoms with Crippen LogP contribution in [0.3, 0.4) is 0 Å². The summed E-state index contributed by atoms with van der Waals surface area (Å²) in [5, 5.41) is 23.1. The number of aryl methyl sites for hydroxylation is 1. The maximum Gasteiger partial charge on any atom is 0.120 e. The molecule has 3 nitrogen and oxygen atoms in total. The van der Waals surface area contributed by atoms with Crippen molar-refractivity contribution in [2.45, 2.75) is 51.6 Å². The van der Waals surface area contributed by atoms with Gasteiger partial charge >= 0.3 is 0 Å². The molecule has 1 aliphatic carbocycles. The van der Waals surface area contributed by atoms with Gasteiger partial charge in [0.05, 0.1) is 6.61 Å². The molecule has 1 saturated carbocycles. The van der Waals surface area contributed by atoms with E-state index in [9.17, 15) is 10.2 Å². The second kappa shape index (κ2) is 5.93. The van der Waals surface area contributed by atoms with Gasteiger partial charge in [-0.05, 0) is 31.7 Å². The van der Waals surface area contributed by atoms with E-state index >= 15 is 0 Å². The summed E-state index contributed by atoms with van der Waals surface area (Å²) in [7, 11) is 0. The molecule has 1 aromatic rings. The van der Waals surface area contributed by atoms with Gasteiger partial charge < -0.3 is 15.5 Å². The van der Waals surface area contributed by atoms with E-state index in [0.717, 1.165) is 30.4 Å². The van der Waals surface area contributed by atoms with Crippen LogP contribution in [-0.2, 0) is 6.54 Å². The van der Waals surface area contributed by atoms with E-state index in [0.29, 0.717) is 18.2 Å². The van der Waals surface area contributed by atoms with Crippen molar-refractivity contribution >= 4 is 0 Å². The molecule has 19 heavy (non-hydrogen) atoms. The van der Waals surface area contributed by atoms with Gasteiger partial charge in [-0.1, -0.05) is 37.5 Å². The highest BCUT2D eigenvalue weighted by Gasteiger charge is 2.33. The Hall–Kier alpha value is -1.06. The predicted molar refractivity (Wildman–Crippen MR) is 77.1 cm³/mol. The first-order chi connectivity index (χ1) is 9.04. The Bertz CT molecular complexity index is 433. The van der Waals surface area contributed by atoms with Crippen molar-refractivity contribution in [2.24, 2.45) is 5.92 Å². The first-order valence-corrected chi connectivity index (χ1v) is 7.19. The molecule has 1 aliphatic rings. The van der Waals surface area contributed by atoms with Crippen molar-refractivity contribution in [3.63, 3.8) is 0 Å². The van der Waals surface area contributed by atoms with Crippen molar-refractivity contribution in [3.05, 3.63) is 29.3 Å². The average Bonchev–Trinajstić information content (AvgIpc) is 2.40. The average molecular weight is 263 g/mol. The number of hydrogen-bond acceptors (Lipinski definition) is 3. The summed E-state index contributed by atoms with van der Waals surface area (Å²) in [4.78, 5) is 0. The minimum atomic E-state index is -0.173. The lowest BCUT2D eigenvalue weighted by molar-refractivity contribution is 0.0980. The topological polar surface area (TPSA) is 52.5 Å². The van der Waals surface area contributed by atoms with Crippen molar-refractivity contribution in [1.82, 2.24) is 5.32 Å². The fourth-order valence-electron chi connectivity index (χ4n) is 3.16. The summed E-state index contributed by atoms with van der Waals surface area (Å²) in [5.74, 6) is 0.981. The Morgan fingerprint density at radius 2 is 2.21 bits per heavy atom. The molecule has 0 bridgehead atoms. The van der Waals surface area contributed by atoms with Crippen LogP contribution in [0.1, 0.15) is 43.7 Å². The van der Waals surface area contributed by atoms with Gasteiger partial charge in [0, 0.05) is 17.6 Å². The molecular formula is C16H25NO2. The molecule has 2 rings (SSSR count). The van der Waals surface area contributed by atoms with E-state index in [1.54, 1.807) is 6.07 Å². The third-order valence-electron chi connectivity index (χ3n) is 4.28. The van der Waals surface area contributed by atoms with Gasteiger partial charge in [-0.3, -0.25) is 0 Å². The third-order valence-corrected chi connectivity index (χ3v) is 4.28. The molecule has 1 fully saturated rings. The Balaban J connectivity index is 2.05. The molecule has 1 aromatic carbocycles. The molecule has 2 unspecified atom stereocenters. The lowest BCUT2D eigenvalue weighted by Crippen LogP contribution is -2.51. The molecule has 3 N–H and O–H groups in total. The van der Waals surface area contributed by atoms with E-state index in [4.69, 9.17) is 0 Å². The van der Waals surface area contributed by atoms with Crippen LogP contribution >= 0.6 is 0 Å². The lowest BCUT2D eigenvalue weighted by Gasteiger charge is -2.39.